The monoisotopic (exact) mass is 285 g/mol. The molecule has 1 unspecified atom stereocenters. The van der Waals surface area contributed by atoms with E-state index in [0.29, 0.717) is 12.0 Å². The molecule has 0 spiro atoms. The van der Waals surface area contributed by atoms with Crippen LogP contribution in [-0.4, -0.2) is 17.1 Å². The van der Waals surface area contributed by atoms with E-state index in [0.717, 1.165) is 5.56 Å². The molecule has 0 fully saturated rings. The van der Waals surface area contributed by atoms with Crippen molar-refractivity contribution < 1.29 is 9.53 Å². The van der Waals surface area contributed by atoms with Crippen molar-refractivity contribution in [3.05, 3.63) is 71.8 Å². The molecule has 0 saturated heterocycles. The van der Waals surface area contributed by atoms with Gasteiger partial charge in [-0.1, -0.05) is 60.7 Å². The van der Waals surface area contributed by atoms with Crippen molar-refractivity contribution in [3.8, 4) is 0 Å². The number of rotatable bonds is 4. The average molecular weight is 285 g/mol. The number of carbonyl (C=O) groups excluding carboxylic acids is 1. The first kappa shape index (κ1) is 14.4. The number of nitrogens with two attached hydrogens (primary N) is 1. The molecule has 0 aliphatic heterocycles. The van der Waals surface area contributed by atoms with Gasteiger partial charge in [0.2, 0.25) is 5.05 Å². The normalized spacial score (nSPS) is 11.7. The lowest BCUT2D eigenvalue weighted by atomic mass is 10.1. The molecule has 0 bridgehead atoms. The second-order valence-corrected chi connectivity index (χ2v) is 4.74. The van der Waals surface area contributed by atoms with Crippen molar-refractivity contribution in [2.45, 2.75) is 12.5 Å². The Morgan fingerprint density at radius 1 is 1.05 bits per heavy atom. The Morgan fingerprint density at radius 3 is 2.20 bits per heavy atom. The second-order valence-electron chi connectivity index (χ2n) is 4.37. The molecular weight excluding hydrogens is 270 g/mol. The van der Waals surface area contributed by atoms with Crippen molar-refractivity contribution in [3.63, 3.8) is 0 Å². The molecule has 0 saturated carbocycles. The van der Waals surface area contributed by atoms with Crippen LogP contribution in [0.2, 0.25) is 0 Å². The minimum Gasteiger partial charge on any atom is -0.413 e. The lowest BCUT2D eigenvalue weighted by Crippen LogP contribution is -2.35. The fraction of sp³-hybridized carbons (Fsp3) is 0.125. The van der Waals surface area contributed by atoms with E-state index in [2.05, 4.69) is 0 Å². The Bertz CT molecular complexity index is 584. The molecule has 3 nitrogen and oxygen atoms in total. The SMILES string of the molecule is NC(Cc1ccccc1)C(=O)OC(=S)c1ccccc1. The summed E-state index contributed by atoms with van der Waals surface area (Å²) in [4.78, 5) is 11.9. The van der Waals surface area contributed by atoms with Gasteiger partial charge in [0.25, 0.3) is 0 Å². The molecule has 1 atom stereocenters. The van der Waals surface area contributed by atoms with Crippen LogP contribution in [0.3, 0.4) is 0 Å². The first-order valence-electron chi connectivity index (χ1n) is 6.27. The average Bonchev–Trinajstić information content (AvgIpc) is 2.49. The Kier molecular flexibility index (Phi) is 4.98. The molecule has 0 amide bonds. The van der Waals surface area contributed by atoms with E-state index in [1.54, 1.807) is 12.1 Å². The standard InChI is InChI=1S/C16H15NO2S/c17-14(11-12-7-3-1-4-8-12)15(18)19-16(20)13-9-5-2-6-10-13/h1-10,14H,11,17H2. The minimum atomic E-state index is -0.723. The Balaban J connectivity index is 1.93. The summed E-state index contributed by atoms with van der Waals surface area (Å²) in [6, 6.07) is 18.0. The summed E-state index contributed by atoms with van der Waals surface area (Å²) in [5.74, 6) is -0.511. The molecule has 2 aromatic carbocycles. The third kappa shape index (κ3) is 3.98. The topological polar surface area (TPSA) is 52.3 Å². The number of thiocarbonyl (C=S) groups is 1. The number of benzene rings is 2. The quantitative estimate of drug-likeness (QED) is 0.692. The highest BCUT2D eigenvalue weighted by Crippen LogP contribution is 2.06. The van der Waals surface area contributed by atoms with Gasteiger partial charge in [-0.25, -0.2) is 4.79 Å². The smallest absolute Gasteiger partial charge is 0.329 e. The zero-order valence-electron chi connectivity index (χ0n) is 10.9. The first-order chi connectivity index (χ1) is 9.66. The van der Waals surface area contributed by atoms with Crippen molar-refractivity contribution in [1.29, 1.82) is 0 Å². The van der Waals surface area contributed by atoms with Gasteiger partial charge in [-0.15, -0.1) is 0 Å². The summed E-state index contributed by atoms with van der Waals surface area (Å²) in [6.45, 7) is 0. The van der Waals surface area contributed by atoms with Crippen molar-refractivity contribution in [2.24, 2.45) is 5.73 Å². The van der Waals surface area contributed by atoms with Gasteiger partial charge in [-0.05, 0) is 24.2 Å². The molecule has 0 aromatic heterocycles. The minimum absolute atomic E-state index is 0.152. The summed E-state index contributed by atoms with van der Waals surface area (Å²) in [5.41, 5.74) is 7.53. The molecule has 0 aliphatic rings. The summed E-state index contributed by atoms with van der Waals surface area (Å²) >= 11 is 5.08. The van der Waals surface area contributed by atoms with E-state index in [1.165, 1.54) is 0 Å². The largest absolute Gasteiger partial charge is 0.413 e. The fourth-order valence-electron chi connectivity index (χ4n) is 1.75. The molecule has 0 aliphatic carbocycles. The molecule has 0 radical (unpaired) electrons. The van der Waals surface area contributed by atoms with Gasteiger partial charge in [0.15, 0.2) is 0 Å². The van der Waals surface area contributed by atoms with Gasteiger partial charge in [0.05, 0.1) is 0 Å². The Morgan fingerprint density at radius 2 is 1.60 bits per heavy atom. The molecule has 0 heterocycles. The number of carbonyl (C=O) groups is 1. The predicted molar refractivity (Wildman–Crippen MR) is 82.4 cm³/mol. The van der Waals surface area contributed by atoms with Gasteiger partial charge in [0, 0.05) is 5.56 Å². The van der Waals surface area contributed by atoms with Crippen molar-refractivity contribution >= 4 is 23.2 Å². The van der Waals surface area contributed by atoms with Crippen LogP contribution in [0.15, 0.2) is 60.7 Å². The number of hydrogen-bond donors (Lipinski definition) is 1. The summed E-state index contributed by atoms with van der Waals surface area (Å²) in [7, 11) is 0. The maximum absolute atomic E-state index is 11.9. The number of esters is 1. The second kappa shape index (κ2) is 6.93. The predicted octanol–water partition coefficient (Wildman–Crippen LogP) is 2.48. The van der Waals surface area contributed by atoms with Crippen LogP contribution in [0, 0.1) is 0 Å². The van der Waals surface area contributed by atoms with Crippen LogP contribution in [0.4, 0.5) is 0 Å². The van der Waals surface area contributed by atoms with Crippen LogP contribution in [0.1, 0.15) is 11.1 Å². The maximum Gasteiger partial charge on any atom is 0.329 e. The molecule has 2 aromatic rings. The molecular formula is C16H15NO2S. The van der Waals surface area contributed by atoms with E-state index in [4.69, 9.17) is 22.7 Å². The van der Waals surface area contributed by atoms with E-state index < -0.39 is 12.0 Å². The Hall–Kier alpha value is -2.04. The van der Waals surface area contributed by atoms with Gasteiger partial charge in [-0.3, -0.25) is 0 Å². The van der Waals surface area contributed by atoms with E-state index >= 15 is 0 Å². The van der Waals surface area contributed by atoms with Crippen LogP contribution in [-0.2, 0) is 16.0 Å². The summed E-state index contributed by atoms with van der Waals surface area (Å²) < 4.78 is 5.14. The van der Waals surface area contributed by atoms with Crippen LogP contribution < -0.4 is 5.73 Å². The highest BCUT2D eigenvalue weighted by atomic mass is 32.1. The van der Waals surface area contributed by atoms with Crippen molar-refractivity contribution in [2.75, 3.05) is 0 Å². The van der Waals surface area contributed by atoms with E-state index in [1.807, 2.05) is 48.5 Å². The number of hydrogen-bond acceptors (Lipinski definition) is 4. The molecule has 102 valence electrons. The summed E-state index contributed by atoms with van der Waals surface area (Å²) in [5, 5.41) is 0.152. The van der Waals surface area contributed by atoms with E-state index in [9.17, 15) is 4.79 Å². The highest BCUT2D eigenvalue weighted by molar-refractivity contribution is 7.80. The van der Waals surface area contributed by atoms with Gasteiger partial charge in [0.1, 0.15) is 6.04 Å². The van der Waals surface area contributed by atoms with Crippen molar-refractivity contribution in [1.82, 2.24) is 0 Å². The van der Waals surface area contributed by atoms with Gasteiger partial charge >= 0.3 is 5.97 Å². The lowest BCUT2D eigenvalue weighted by Gasteiger charge is -2.11. The van der Waals surface area contributed by atoms with Gasteiger partial charge in [-0.2, -0.15) is 0 Å². The lowest BCUT2D eigenvalue weighted by molar-refractivity contribution is -0.136. The Labute approximate surface area is 123 Å². The fourth-order valence-corrected chi connectivity index (χ4v) is 1.97. The first-order valence-corrected chi connectivity index (χ1v) is 6.68. The zero-order chi connectivity index (χ0) is 14.4. The third-order valence-corrected chi connectivity index (χ3v) is 3.12. The van der Waals surface area contributed by atoms with Gasteiger partial charge < -0.3 is 10.5 Å². The molecule has 4 heteroatoms. The third-order valence-electron chi connectivity index (χ3n) is 2.80. The highest BCUT2D eigenvalue weighted by Gasteiger charge is 2.18. The van der Waals surface area contributed by atoms with Crippen LogP contribution in [0.25, 0.3) is 0 Å². The van der Waals surface area contributed by atoms with Crippen LogP contribution in [0.5, 0.6) is 0 Å². The maximum atomic E-state index is 11.9. The zero-order valence-corrected chi connectivity index (χ0v) is 11.7. The molecule has 2 rings (SSSR count). The molecule has 2 N–H and O–H groups in total. The summed E-state index contributed by atoms with van der Waals surface area (Å²) in [6.07, 6.45) is 0.428. The number of ether oxygens (including phenoxy) is 1. The van der Waals surface area contributed by atoms with Crippen LogP contribution >= 0.6 is 12.2 Å². The molecule has 20 heavy (non-hydrogen) atoms. The van der Waals surface area contributed by atoms with E-state index in [-0.39, 0.29) is 5.05 Å².